The number of esters is 1. The number of para-hydroxylation sites is 2. The van der Waals surface area contributed by atoms with E-state index in [0.29, 0.717) is 11.4 Å². The first-order valence-corrected chi connectivity index (χ1v) is 8.16. The predicted molar refractivity (Wildman–Crippen MR) is 95.0 cm³/mol. The Hall–Kier alpha value is -2.34. The van der Waals surface area contributed by atoms with Crippen molar-refractivity contribution in [1.29, 1.82) is 0 Å². The van der Waals surface area contributed by atoms with Gasteiger partial charge in [0, 0.05) is 4.47 Å². The van der Waals surface area contributed by atoms with Crippen LogP contribution in [-0.2, 0) is 20.7 Å². The summed E-state index contributed by atoms with van der Waals surface area (Å²) in [5, 5.41) is 2.69. The number of amides is 1. The zero-order chi connectivity index (χ0) is 17.5. The van der Waals surface area contributed by atoms with Gasteiger partial charge in [0.25, 0.3) is 5.91 Å². The number of carbonyl (C=O) groups is 2. The van der Waals surface area contributed by atoms with Crippen molar-refractivity contribution in [1.82, 2.24) is 0 Å². The summed E-state index contributed by atoms with van der Waals surface area (Å²) in [5.74, 6) is -0.331. The minimum Gasteiger partial charge on any atom is -0.495 e. The van der Waals surface area contributed by atoms with Crippen LogP contribution in [-0.4, -0.2) is 25.1 Å². The van der Waals surface area contributed by atoms with Crippen molar-refractivity contribution in [3.05, 3.63) is 58.6 Å². The number of rotatable bonds is 6. The number of anilines is 1. The Morgan fingerprint density at radius 3 is 2.46 bits per heavy atom. The fourth-order valence-electron chi connectivity index (χ4n) is 2.04. The van der Waals surface area contributed by atoms with Gasteiger partial charge >= 0.3 is 5.97 Å². The minimum atomic E-state index is -0.905. The third-order valence-corrected chi connectivity index (χ3v) is 3.83. The molecule has 0 spiro atoms. The largest absolute Gasteiger partial charge is 0.495 e. The van der Waals surface area contributed by atoms with E-state index in [9.17, 15) is 9.59 Å². The Balaban J connectivity index is 1.91. The molecule has 0 unspecified atom stereocenters. The van der Waals surface area contributed by atoms with Gasteiger partial charge in [-0.3, -0.25) is 9.59 Å². The lowest BCUT2D eigenvalue weighted by Gasteiger charge is -2.15. The van der Waals surface area contributed by atoms with Crippen molar-refractivity contribution in [2.45, 2.75) is 19.4 Å². The average Bonchev–Trinajstić information content (AvgIpc) is 2.57. The van der Waals surface area contributed by atoms with E-state index in [0.717, 1.165) is 10.0 Å². The van der Waals surface area contributed by atoms with Gasteiger partial charge in [-0.1, -0.05) is 40.2 Å². The molecule has 0 fully saturated rings. The molecule has 6 heteroatoms. The van der Waals surface area contributed by atoms with E-state index in [-0.39, 0.29) is 6.42 Å². The van der Waals surface area contributed by atoms with Gasteiger partial charge in [-0.2, -0.15) is 0 Å². The van der Waals surface area contributed by atoms with Crippen LogP contribution < -0.4 is 10.1 Å². The molecule has 2 aromatic rings. The fraction of sp³-hybridized carbons (Fsp3) is 0.222. The standard InChI is InChI=1S/C18H18BrNO4/c1-12(18(22)20-15-5-3-4-6-16(15)23-2)24-17(21)11-13-7-9-14(19)10-8-13/h3-10,12H,11H2,1-2H3,(H,20,22)/t12-/m1/s1. The second-order valence-corrected chi connectivity index (χ2v) is 6.04. The Bertz CT molecular complexity index is 715. The van der Waals surface area contributed by atoms with Crippen LogP contribution >= 0.6 is 15.9 Å². The van der Waals surface area contributed by atoms with Gasteiger partial charge in [0.2, 0.25) is 0 Å². The van der Waals surface area contributed by atoms with Crippen LogP contribution in [0.4, 0.5) is 5.69 Å². The van der Waals surface area contributed by atoms with Crippen LogP contribution in [0.1, 0.15) is 12.5 Å². The Morgan fingerprint density at radius 2 is 1.79 bits per heavy atom. The van der Waals surface area contributed by atoms with Crippen molar-refractivity contribution < 1.29 is 19.1 Å². The minimum absolute atomic E-state index is 0.111. The second-order valence-electron chi connectivity index (χ2n) is 5.12. The highest BCUT2D eigenvalue weighted by Gasteiger charge is 2.19. The lowest BCUT2D eigenvalue weighted by Crippen LogP contribution is -2.30. The first-order valence-electron chi connectivity index (χ1n) is 7.37. The van der Waals surface area contributed by atoms with E-state index in [4.69, 9.17) is 9.47 Å². The Kier molecular flexibility index (Phi) is 6.37. The van der Waals surface area contributed by atoms with Crippen molar-refractivity contribution in [3.8, 4) is 5.75 Å². The highest BCUT2D eigenvalue weighted by molar-refractivity contribution is 9.10. The third kappa shape index (κ3) is 5.09. The molecule has 1 amide bonds. The molecule has 0 radical (unpaired) electrons. The second kappa shape index (κ2) is 8.49. The number of hydrogen-bond acceptors (Lipinski definition) is 4. The molecule has 5 nitrogen and oxygen atoms in total. The molecular formula is C18H18BrNO4. The van der Waals surface area contributed by atoms with Crippen molar-refractivity contribution in [3.63, 3.8) is 0 Å². The normalized spacial score (nSPS) is 11.5. The number of halogens is 1. The van der Waals surface area contributed by atoms with Crippen LogP contribution in [0.5, 0.6) is 5.75 Å². The summed E-state index contributed by atoms with van der Waals surface area (Å²) in [6.45, 7) is 1.53. The summed E-state index contributed by atoms with van der Waals surface area (Å²) in [4.78, 5) is 24.1. The SMILES string of the molecule is COc1ccccc1NC(=O)[C@@H](C)OC(=O)Cc1ccc(Br)cc1. The molecule has 0 aromatic heterocycles. The van der Waals surface area contributed by atoms with E-state index in [1.807, 2.05) is 24.3 Å². The number of ether oxygens (including phenoxy) is 2. The Morgan fingerprint density at radius 1 is 1.12 bits per heavy atom. The summed E-state index contributed by atoms with van der Waals surface area (Å²) in [7, 11) is 1.52. The summed E-state index contributed by atoms with van der Waals surface area (Å²) in [6, 6.07) is 14.4. The number of methoxy groups -OCH3 is 1. The quantitative estimate of drug-likeness (QED) is 0.764. The van der Waals surface area contributed by atoms with Crippen LogP contribution in [0.3, 0.4) is 0 Å². The Labute approximate surface area is 149 Å². The lowest BCUT2D eigenvalue weighted by atomic mass is 10.1. The lowest BCUT2D eigenvalue weighted by molar-refractivity contribution is -0.152. The predicted octanol–water partition coefficient (Wildman–Crippen LogP) is 3.57. The van der Waals surface area contributed by atoms with Gasteiger partial charge in [-0.15, -0.1) is 0 Å². The fourth-order valence-corrected chi connectivity index (χ4v) is 2.31. The van der Waals surface area contributed by atoms with E-state index < -0.39 is 18.0 Å². The van der Waals surface area contributed by atoms with Crippen LogP contribution in [0.2, 0.25) is 0 Å². The van der Waals surface area contributed by atoms with Gasteiger partial charge < -0.3 is 14.8 Å². The van der Waals surface area contributed by atoms with E-state index in [2.05, 4.69) is 21.2 Å². The highest BCUT2D eigenvalue weighted by Crippen LogP contribution is 2.23. The molecule has 126 valence electrons. The number of hydrogen-bond donors (Lipinski definition) is 1. The first-order chi connectivity index (χ1) is 11.5. The molecule has 1 atom stereocenters. The molecule has 0 aliphatic heterocycles. The smallest absolute Gasteiger partial charge is 0.311 e. The van der Waals surface area contributed by atoms with Crippen molar-refractivity contribution in [2.75, 3.05) is 12.4 Å². The van der Waals surface area contributed by atoms with Crippen molar-refractivity contribution >= 4 is 33.5 Å². The van der Waals surface area contributed by atoms with E-state index >= 15 is 0 Å². The van der Waals surface area contributed by atoms with Crippen LogP contribution in [0.15, 0.2) is 53.0 Å². The molecular weight excluding hydrogens is 374 g/mol. The molecule has 0 heterocycles. The first kappa shape index (κ1) is 18.0. The molecule has 2 aromatic carbocycles. The summed E-state index contributed by atoms with van der Waals surface area (Å²) < 4.78 is 11.3. The molecule has 2 rings (SSSR count). The van der Waals surface area contributed by atoms with E-state index in [1.165, 1.54) is 14.0 Å². The number of nitrogens with one attached hydrogen (secondary N) is 1. The molecule has 0 saturated heterocycles. The van der Waals surface area contributed by atoms with Gasteiger partial charge in [0.1, 0.15) is 5.75 Å². The van der Waals surface area contributed by atoms with Gasteiger partial charge in [-0.25, -0.2) is 0 Å². The zero-order valence-corrected chi connectivity index (χ0v) is 15.0. The number of carbonyl (C=O) groups excluding carboxylic acids is 2. The zero-order valence-electron chi connectivity index (χ0n) is 13.4. The van der Waals surface area contributed by atoms with E-state index in [1.54, 1.807) is 24.3 Å². The molecule has 0 aliphatic rings. The summed E-state index contributed by atoms with van der Waals surface area (Å²) in [5.41, 5.74) is 1.35. The number of benzene rings is 2. The van der Waals surface area contributed by atoms with Gasteiger partial charge in [-0.05, 0) is 36.8 Å². The summed E-state index contributed by atoms with van der Waals surface area (Å²) in [6.07, 6.45) is -0.794. The maximum atomic E-state index is 12.2. The van der Waals surface area contributed by atoms with Crippen LogP contribution in [0, 0.1) is 0 Å². The molecule has 0 aliphatic carbocycles. The van der Waals surface area contributed by atoms with Crippen molar-refractivity contribution in [2.24, 2.45) is 0 Å². The molecule has 24 heavy (non-hydrogen) atoms. The maximum Gasteiger partial charge on any atom is 0.311 e. The van der Waals surface area contributed by atoms with Gasteiger partial charge in [0.05, 0.1) is 19.2 Å². The third-order valence-electron chi connectivity index (χ3n) is 3.30. The molecule has 0 saturated carbocycles. The topological polar surface area (TPSA) is 64.6 Å². The highest BCUT2D eigenvalue weighted by atomic mass is 79.9. The van der Waals surface area contributed by atoms with Crippen LogP contribution in [0.25, 0.3) is 0 Å². The monoisotopic (exact) mass is 391 g/mol. The summed E-state index contributed by atoms with van der Waals surface area (Å²) >= 11 is 3.33. The van der Waals surface area contributed by atoms with Gasteiger partial charge in [0.15, 0.2) is 6.10 Å². The molecule has 0 bridgehead atoms. The maximum absolute atomic E-state index is 12.2. The molecule has 1 N–H and O–H groups in total. The average molecular weight is 392 g/mol.